The van der Waals surface area contributed by atoms with Crippen molar-refractivity contribution >= 4 is 26.5 Å². The zero-order valence-corrected chi connectivity index (χ0v) is 23.5. The molecule has 1 unspecified atom stereocenters. The van der Waals surface area contributed by atoms with Gasteiger partial charge in [-0.15, -0.1) is 0 Å². The molecule has 0 fully saturated rings. The first kappa shape index (κ1) is 25.9. The van der Waals surface area contributed by atoms with Gasteiger partial charge >= 0.3 is 166 Å². The van der Waals surface area contributed by atoms with Crippen LogP contribution < -0.4 is 0 Å². The van der Waals surface area contributed by atoms with E-state index in [4.69, 9.17) is 0 Å². The summed E-state index contributed by atoms with van der Waals surface area (Å²) < 4.78 is 1.05. The summed E-state index contributed by atoms with van der Waals surface area (Å²) in [5.74, 6) is 0. The molecule has 0 heterocycles. The Labute approximate surface area is 165 Å². The molecule has 0 aromatic carbocycles. The van der Waals surface area contributed by atoms with Crippen LogP contribution in [0.4, 0.5) is 0 Å². The normalized spacial score (nSPS) is 15.5. The number of hydrogen-bond acceptors (Lipinski definition) is 3. The molecule has 0 aliphatic rings. The van der Waals surface area contributed by atoms with Crippen LogP contribution in [-0.4, -0.2) is 102 Å². The molecule has 0 rings (SSSR count). The van der Waals surface area contributed by atoms with Crippen LogP contribution in [0.1, 0.15) is 27.2 Å². The summed E-state index contributed by atoms with van der Waals surface area (Å²) in [7, 11) is 7.66. The van der Waals surface area contributed by atoms with E-state index < -0.39 is 26.5 Å². The predicted molar refractivity (Wildman–Crippen MR) is 122 cm³/mol. The van der Waals surface area contributed by atoms with Crippen molar-refractivity contribution in [1.29, 1.82) is 0 Å². The molecule has 0 radical (unpaired) electrons. The average molecular weight is 478 g/mol. The Bertz CT molecular complexity index is 372. The van der Waals surface area contributed by atoms with Gasteiger partial charge in [0.05, 0.1) is 0 Å². The van der Waals surface area contributed by atoms with Gasteiger partial charge in [0.1, 0.15) is 0 Å². The summed E-state index contributed by atoms with van der Waals surface area (Å²) in [5.41, 5.74) is 0.462. The molecule has 0 bridgehead atoms. The van der Waals surface area contributed by atoms with Gasteiger partial charge in [0.2, 0.25) is 0 Å². The van der Waals surface area contributed by atoms with Crippen LogP contribution >= 0.6 is 0 Å². The number of nitrogens with zero attached hydrogens (tertiary/aromatic N) is 3. The summed E-state index contributed by atoms with van der Waals surface area (Å²) in [4.78, 5) is 15.4. The van der Waals surface area contributed by atoms with Crippen LogP contribution in [0.15, 0.2) is 0 Å². The van der Waals surface area contributed by atoms with Gasteiger partial charge in [0.15, 0.2) is 0 Å². The first-order chi connectivity index (χ1) is 11.0. The second-order valence-corrected chi connectivity index (χ2v) is 33.6. The molecule has 0 saturated carbocycles. The van der Waals surface area contributed by atoms with E-state index in [2.05, 4.69) is 91.6 Å². The molecule has 0 N–H and O–H groups in total. The minimum absolute atomic E-state index is 0.462. The maximum atomic E-state index is 2.66. The molecule has 0 aromatic rings. The van der Waals surface area contributed by atoms with Crippen molar-refractivity contribution in [1.82, 2.24) is 14.7 Å². The monoisotopic (exact) mass is 479 g/mol. The van der Waals surface area contributed by atoms with Crippen LogP contribution in [0.5, 0.6) is 0 Å². The Morgan fingerprint density at radius 2 is 1.24 bits per heavy atom. The number of rotatable bonds is 11. The second kappa shape index (κ2) is 10.4. The zero-order chi connectivity index (χ0) is 20.1. The fourth-order valence-electron chi connectivity index (χ4n) is 4.08. The standard InChI is InChI=1S/C17H40N3Si.3CH3.Sn/c1-17(2,3)10-15-21(8,9)16-20(7)14-13-19(6)12-11-18(4)5;;;;/h15H,10-14,16H2,1-9H3;3*1H3;. The third-order valence-corrected chi connectivity index (χ3v) is 27.8. The molecule has 0 saturated heterocycles. The molecule has 152 valence electrons. The molecule has 0 amide bonds. The zero-order valence-electron chi connectivity index (χ0n) is 19.7. The van der Waals surface area contributed by atoms with Crippen molar-refractivity contribution in [3.8, 4) is 0 Å². The van der Waals surface area contributed by atoms with Gasteiger partial charge in [0, 0.05) is 0 Å². The molecule has 5 heteroatoms. The third-order valence-electron chi connectivity index (χ3n) is 5.28. The van der Waals surface area contributed by atoms with Crippen LogP contribution in [0, 0.1) is 5.41 Å². The van der Waals surface area contributed by atoms with E-state index in [1.807, 2.05) is 0 Å². The van der Waals surface area contributed by atoms with E-state index in [9.17, 15) is 0 Å². The van der Waals surface area contributed by atoms with Crippen molar-refractivity contribution in [3.63, 3.8) is 0 Å². The van der Waals surface area contributed by atoms with Gasteiger partial charge in [-0.25, -0.2) is 0 Å². The average Bonchev–Trinajstić information content (AvgIpc) is 2.37. The summed E-state index contributed by atoms with van der Waals surface area (Å²) in [6.07, 6.45) is 2.78. The molecule has 0 spiro atoms. The van der Waals surface area contributed by atoms with Crippen LogP contribution in [0.2, 0.25) is 31.5 Å². The first-order valence-electron chi connectivity index (χ1n) is 10.1. The predicted octanol–water partition coefficient (Wildman–Crippen LogP) is 4.34. The molecule has 25 heavy (non-hydrogen) atoms. The Balaban J connectivity index is 4.73. The summed E-state index contributed by atoms with van der Waals surface area (Å²) in [6.45, 7) is 17.3. The van der Waals surface area contributed by atoms with E-state index >= 15 is 0 Å². The van der Waals surface area contributed by atoms with Gasteiger partial charge in [-0.2, -0.15) is 0 Å². The van der Waals surface area contributed by atoms with Gasteiger partial charge in [-0.05, 0) is 0 Å². The summed E-state index contributed by atoms with van der Waals surface area (Å²) >= 11 is -1.94. The molecule has 0 aliphatic carbocycles. The Morgan fingerprint density at radius 1 is 0.800 bits per heavy atom. The van der Waals surface area contributed by atoms with Crippen molar-refractivity contribution in [2.24, 2.45) is 5.41 Å². The third kappa shape index (κ3) is 12.1. The molecule has 3 nitrogen and oxygen atoms in total. The van der Waals surface area contributed by atoms with E-state index in [0.29, 0.717) is 5.41 Å². The van der Waals surface area contributed by atoms with Crippen molar-refractivity contribution in [3.05, 3.63) is 0 Å². The van der Waals surface area contributed by atoms with E-state index in [0.717, 1.165) is 16.6 Å². The minimum atomic E-state index is -1.94. The number of likely N-dealkylation sites (N-methyl/N-ethyl adjacent to an activating group) is 3. The van der Waals surface area contributed by atoms with Gasteiger partial charge in [-0.1, -0.05) is 0 Å². The van der Waals surface area contributed by atoms with E-state index in [1.165, 1.54) is 25.7 Å². The molecule has 0 aromatic heterocycles. The fraction of sp³-hybridized carbons (Fsp3) is 1.00. The summed E-state index contributed by atoms with van der Waals surface area (Å²) in [6, 6.07) is 0. The van der Waals surface area contributed by atoms with Crippen molar-refractivity contribution in [2.75, 3.05) is 60.5 Å². The van der Waals surface area contributed by atoms with Gasteiger partial charge < -0.3 is 0 Å². The second-order valence-electron chi connectivity index (χ2n) is 11.5. The van der Waals surface area contributed by atoms with Crippen LogP contribution in [0.25, 0.3) is 0 Å². The van der Waals surface area contributed by atoms with E-state index in [-0.39, 0.29) is 0 Å². The molecule has 1 atom stereocenters. The van der Waals surface area contributed by atoms with Crippen molar-refractivity contribution < 1.29 is 0 Å². The molecular formula is C20H49N3SiSn. The maximum absolute atomic E-state index is 2.66. The summed E-state index contributed by atoms with van der Waals surface area (Å²) in [5, 5.41) is 0. The topological polar surface area (TPSA) is 9.72 Å². The van der Waals surface area contributed by atoms with Crippen molar-refractivity contribution in [2.45, 2.75) is 58.7 Å². The quantitative estimate of drug-likeness (QED) is 0.409. The van der Waals surface area contributed by atoms with Crippen LogP contribution in [0.3, 0.4) is 0 Å². The SMILES string of the molecule is CN(C)CCN(C)CCN(C)C[Si](C)(C)[CH](CC(C)(C)C)[Sn]([CH3])([CH3])[CH3]. The first-order valence-corrected chi connectivity index (χ1v) is 23.6. The molecule has 0 aliphatic heterocycles. The number of hydrogen-bond donors (Lipinski definition) is 0. The fourth-order valence-corrected chi connectivity index (χ4v) is 33.7. The van der Waals surface area contributed by atoms with Gasteiger partial charge in [-0.3, -0.25) is 0 Å². The Hall–Kier alpha value is 0.896. The van der Waals surface area contributed by atoms with Gasteiger partial charge in [0.25, 0.3) is 0 Å². The van der Waals surface area contributed by atoms with Crippen LogP contribution in [-0.2, 0) is 0 Å². The molecular weight excluding hydrogens is 429 g/mol. The van der Waals surface area contributed by atoms with E-state index in [1.54, 1.807) is 0 Å². The Kier molecular flexibility index (Phi) is 10.8. The Morgan fingerprint density at radius 3 is 1.64 bits per heavy atom.